The van der Waals surface area contributed by atoms with Gasteiger partial charge in [-0.15, -0.1) is 0 Å². The number of nitrogens with zero attached hydrogens (tertiary/aromatic N) is 1. The molecule has 0 spiro atoms. The molecule has 0 aliphatic carbocycles. The normalized spacial score (nSPS) is 16.7. The van der Waals surface area contributed by atoms with Gasteiger partial charge in [0.25, 0.3) is 0 Å². The molecule has 90 valence electrons. The first kappa shape index (κ1) is 12.5. The van der Waals surface area contributed by atoms with Crippen LogP contribution < -0.4 is 5.32 Å². The van der Waals surface area contributed by atoms with Gasteiger partial charge in [-0.05, 0) is 27.2 Å². The highest BCUT2D eigenvalue weighted by atomic mass is 16.4. The van der Waals surface area contributed by atoms with E-state index in [2.05, 4.69) is 5.32 Å². The molecular weight excluding hydrogens is 208 g/mol. The van der Waals surface area contributed by atoms with Crippen molar-refractivity contribution in [2.75, 3.05) is 13.1 Å². The second-order valence-corrected chi connectivity index (χ2v) is 4.61. The van der Waals surface area contributed by atoms with Crippen molar-refractivity contribution in [3.05, 3.63) is 11.6 Å². The molecule has 0 bridgehead atoms. The zero-order valence-electron chi connectivity index (χ0n) is 9.91. The maximum absolute atomic E-state index is 11.7. The van der Waals surface area contributed by atoms with Crippen LogP contribution in [-0.2, 0) is 4.79 Å². The molecule has 0 radical (unpaired) electrons. The van der Waals surface area contributed by atoms with Crippen LogP contribution in [0.25, 0.3) is 0 Å². The van der Waals surface area contributed by atoms with Crippen LogP contribution in [0.2, 0.25) is 0 Å². The van der Waals surface area contributed by atoms with Crippen LogP contribution in [0, 0.1) is 0 Å². The van der Waals surface area contributed by atoms with Gasteiger partial charge < -0.3 is 15.3 Å². The summed E-state index contributed by atoms with van der Waals surface area (Å²) in [7, 11) is 0. The number of carboxylic acids is 1. The molecule has 0 unspecified atom stereocenters. The summed E-state index contributed by atoms with van der Waals surface area (Å²) in [6, 6.07) is -0.323. The van der Waals surface area contributed by atoms with E-state index in [4.69, 9.17) is 5.11 Å². The third-order valence-corrected chi connectivity index (χ3v) is 2.68. The van der Waals surface area contributed by atoms with Crippen LogP contribution in [0.5, 0.6) is 0 Å². The van der Waals surface area contributed by atoms with E-state index in [1.165, 1.54) is 19.4 Å². The van der Waals surface area contributed by atoms with Crippen molar-refractivity contribution in [2.24, 2.45) is 0 Å². The highest BCUT2D eigenvalue weighted by Crippen LogP contribution is 2.11. The van der Waals surface area contributed by atoms with E-state index in [-0.39, 0.29) is 6.03 Å². The van der Waals surface area contributed by atoms with Gasteiger partial charge in [-0.1, -0.05) is 11.6 Å². The number of hydrogen-bond donors (Lipinski definition) is 2. The van der Waals surface area contributed by atoms with Gasteiger partial charge in [0.2, 0.25) is 0 Å². The molecule has 0 aromatic carbocycles. The molecule has 0 saturated heterocycles. The van der Waals surface area contributed by atoms with E-state index >= 15 is 0 Å². The standard InChI is InChI=1S/C11H18N2O3/c1-8-4-6-13(7-5-8)10(16)12-11(2,3)9(14)15/h4H,5-7H2,1-3H3,(H,12,16)(H,14,15). The number of rotatable bonds is 2. The number of carbonyl (C=O) groups excluding carboxylic acids is 1. The van der Waals surface area contributed by atoms with Crippen LogP contribution in [0.1, 0.15) is 27.2 Å². The lowest BCUT2D eigenvalue weighted by molar-refractivity contribution is -0.143. The highest BCUT2D eigenvalue weighted by Gasteiger charge is 2.30. The minimum atomic E-state index is -1.23. The lowest BCUT2D eigenvalue weighted by atomic mass is 10.1. The first-order valence-electron chi connectivity index (χ1n) is 5.29. The number of hydrogen-bond acceptors (Lipinski definition) is 2. The van der Waals surface area contributed by atoms with E-state index < -0.39 is 11.5 Å². The van der Waals surface area contributed by atoms with E-state index in [0.717, 1.165) is 6.42 Å². The number of nitrogens with one attached hydrogen (secondary N) is 1. The van der Waals surface area contributed by atoms with E-state index in [1.54, 1.807) is 4.90 Å². The third kappa shape index (κ3) is 2.98. The first-order chi connectivity index (χ1) is 7.33. The van der Waals surface area contributed by atoms with Crippen LogP contribution in [-0.4, -0.2) is 40.6 Å². The first-order valence-corrected chi connectivity index (χ1v) is 5.29. The van der Waals surface area contributed by atoms with E-state index in [0.29, 0.717) is 13.1 Å². The van der Waals surface area contributed by atoms with Gasteiger partial charge >= 0.3 is 12.0 Å². The molecule has 5 nitrogen and oxygen atoms in total. The van der Waals surface area contributed by atoms with Gasteiger partial charge in [0.15, 0.2) is 0 Å². The maximum atomic E-state index is 11.7. The molecule has 0 aromatic heterocycles. The Hall–Kier alpha value is -1.52. The Bertz CT molecular complexity index is 334. The topological polar surface area (TPSA) is 69.6 Å². The van der Waals surface area contributed by atoms with Gasteiger partial charge in [0.1, 0.15) is 5.54 Å². The molecule has 1 aliphatic rings. The summed E-state index contributed by atoms with van der Waals surface area (Å²) in [4.78, 5) is 24.2. The van der Waals surface area contributed by atoms with E-state index in [1.807, 2.05) is 13.0 Å². The molecule has 16 heavy (non-hydrogen) atoms. The number of urea groups is 1. The van der Waals surface area contributed by atoms with Gasteiger partial charge in [-0.25, -0.2) is 9.59 Å². The summed E-state index contributed by atoms with van der Waals surface area (Å²) in [5.41, 5.74) is 0.0364. The average Bonchev–Trinajstić information content (AvgIpc) is 2.17. The summed E-state index contributed by atoms with van der Waals surface area (Å²) in [5, 5.41) is 11.4. The van der Waals surface area contributed by atoms with Crippen LogP contribution in [0.4, 0.5) is 4.79 Å². The summed E-state index contributed by atoms with van der Waals surface area (Å²) in [6.45, 7) is 6.16. The van der Waals surface area contributed by atoms with Crippen molar-refractivity contribution in [1.82, 2.24) is 10.2 Å². The molecular formula is C11H18N2O3. The lowest BCUT2D eigenvalue weighted by Gasteiger charge is -2.29. The third-order valence-electron chi connectivity index (χ3n) is 2.68. The summed E-state index contributed by atoms with van der Waals surface area (Å²) in [6.07, 6.45) is 2.83. The molecule has 5 heteroatoms. The predicted molar refractivity (Wildman–Crippen MR) is 60.2 cm³/mol. The van der Waals surface area contributed by atoms with Gasteiger partial charge in [-0.3, -0.25) is 0 Å². The number of amides is 2. The molecule has 0 saturated carbocycles. The lowest BCUT2D eigenvalue weighted by Crippen LogP contribution is -2.54. The Morgan fingerprint density at radius 3 is 2.56 bits per heavy atom. The quantitative estimate of drug-likeness (QED) is 0.695. The van der Waals surface area contributed by atoms with Crippen LogP contribution in [0.15, 0.2) is 11.6 Å². The SMILES string of the molecule is CC1=CCN(C(=O)NC(C)(C)C(=O)O)CC1. The Balaban J connectivity index is 2.57. The monoisotopic (exact) mass is 226 g/mol. The van der Waals surface area contributed by atoms with Gasteiger partial charge in [0, 0.05) is 13.1 Å². The minimum Gasteiger partial charge on any atom is -0.480 e. The zero-order valence-corrected chi connectivity index (χ0v) is 9.91. The molecule has 1 heterocycles. The summed E-state index contributed by atoms with van der Waals surface area (Å²) < 4.78 is 0. The maximum Gasteiger partial charge on any atom is 0.328 e. The highest BCUT2D eigenvalue weighted by molar-refractivity contribution is 5.85. The number of carbonyl (C=O) groups is 2. The Kier molecular flexibility index (Phi) is 3.57. The fraction of sp³-hybridized carbons (Fsp3) is 0.636. The summed E-state index contributed by atoms with van der Waals surface area (Å²) >= 11 is 0. The van der Waals surface area contributed by atoms with Crippen molar-refractivity contribution < 1.29 is 14.7 Å². The second-order valence-electron chi connectivity index (χ2n) is 4.61. The smallest absolute Gasteiger partial charge is 0.328 e. The second kappa shape index (κ2) is 4.55. The molecule has 0 aromatic rings. The molecule has 0 atom stereocenters. The zero-order chi connectivity index (χ0) is 12.3. The van der Waals surface area contributed by atoms with Crippen LogP contribution >= 0.6 is 0 Å². The molecule has 2 amide bonds. The molecule has 2 N–H and O–H groups in total. The van der Waals surface area contributed by atoms with Crippen molar-refractivity contribution in [2.45, 2.75) is 32.7 Å². The van der Waals surface area contributed by atoms with Crippen molar-refractivity contribution in [3.63, 3.8) is 0 Å². The minimum absolute atomic E-state index is 0.323. The Morgan fingerprint density at radius 1 is 1.50 bits per heavy atom. The number of carboxylic acid groups (broad SMARTS) is 1. The van der Waals surface area contributed by atoms with Crippen molar-refractivity contribution in [3.8, 4) is 0 Å². The summed E-state index contributed by atoms with van der Waals surface area (Å²) in [5.74, 6) is -1.04. The van der Waals surface area contributed by atoms with Crippen molar-refractivity contribution in [1.29, 1.82) is 0 Å². The van der Waals surface area contributed by atoms with Crippen LogP contribution in [0.3, 0.4) is 0 Å². The largest absolute Gasteiger partial charge is 0.480 e. The Morgan fingerprint density at radius 2 is 2.12 bits per heavy atom. The molecule has 1 rings (SSSR count). The van der Waals surface area contributed by atoms with Crippen molar-refractivity contribution >= 4 is 12.0 Å². The number of aliphatic carboxylic acids is 1. The van der Waals surface area contributed by atoms with Gasteiger partial charge in [0.05, 0.1) is 0 Å². The fourth-order valence-corrected chi connectivity index (χ4v) is 1.36. The van der Waals surface area contributed by atoms with E-state index in [9.17, 15) is 9.59 Å². The average molecular weight is 226 g/mol. The molecule has 1 aliphatic heterocycles. The molecule has 0 fully saturated rings. The predicted octanol–water partition coefficient (Wildman–Crippen LogP) is 1.21. The van der Waals surface area contributed by atoms with Gasteiger partial charge in [-0.2, -0.15) is 0 Å². The fourth-order valence-electron chi connectivity index (χ4n) is 1.36. The Labute approximate surface area is 95.1 Å².